The number of halogens is 2. The minimum atomic E-state index is 0. The summed E-state index contributed by atoms with van der Waals surface area (Å²) in [4.78, 5) is 0. The second-order valence-corrected chi connectivity index (χ2v) is 6.57. The van der Waals surface area contributed by atoms with Crippen molar-refractivity contribution in [2.24, 2.45) is 0 Å². The molecule has 0 saturated heterocycles. The van der Waals surface area contributed by atoms with E-state index in [1.54, 1.807) is 22.7 Å². The zero-order valence-electron chi connectivity index (χ0n) is 6.04. The van der Waals surface area contributed by atoms with Gasteiger partial charge in [0, 0.05) is 22.9 Å². The van der Waals surface area contributed by atoms with E-state index in [9.17, 15) is 0 Å². The van der Waals surface area contributed by atoms with Crippen molar-refractivity contribution in [2.45, 2.75) is 0 Å². The molecule has 0 fully saturated rings. The van der Waals surface area contributed by atoms with Gasteiger partial charge in [-0.15, -0.1) is 22.7 Å². The topological polar surface area (TPSA) is 0 Å². The van der Waals surface area contributed by atoms with Gasteiger partial charge >= 0.3 is 21.2 Å². The second kappa shape index (κ2) is 5.21. The molecule has 0 N–H and O–H groups in total. The van der Waals surface area contributed by atoms with Crippen LogP contribution in [0, 0.1) is 7.14 Å². The highest BCUT2D eigenvalue weighted by molar-refractivity contribution is 7.08. The summed E-state index contributed by atoms with van der Waals surface area (Å²) in [6.07, 6.45) is 0. The number of thiophene rings is 2. The molecule has 0 aliphatic rings. The standard InChI is InChI=1S/C8H6IS2.ClH/c1-3-10-5-7(1)9-8-2-4-11-6-8;/h1-6H;1H/q+1;/p-1. The van der Waals surface area contributed by atoms with E-state index in [-0.39, 0.29) is 33.6 Å². The minimum Gasteiger partial charge on any atom is -1.00 e. The highest BCUT2D eigenvalue weighted by Gasteiger charge is 2.15. The fourth-order valence-electron chi connectivity index (χ4n) is 0.729. The summed E-state index contributed by atoms with van der Waals surface area (Å²) in [5.74, 6) is 0. The summed E-state index contributed by atoms with van der Waals surface area (Å²) in [5, 5.41) is 8.82. The number of hydrogen-bond acceptors (Lipinski definition) is 2. The van der Waals surface area contributed by atoms with Crippen LogP contribution >= 0.6 is 22.7 Å². The zero-order valence-corrected chi connectivity index (χ0v) is 10.6. The molecular weight excluding hydrogens is 323 g/mol. The fraction of sp³-hybridized carbons (Fsp3) is 0. The van der Waals surface area contributed by atoms with Crippen molar-refractivity contribution in [1.29, 1.82) is 0 Å². The molecule has 2 aromatic rings. The van der Waals surface area contributed by atoms with Crippen molar-refractivity contribution < 1.29 is 33.6 Å². The van der Waals surface area contributed by atoms with Crippen LogP contribution in [-0.2, 0) is 0 Å². The maximum atomic E-state index is 2.25. The third-order valence-corrected chi connectivity index (χ3v) is 5.99. The summed E-state index contributed by atoms with van der Waals surface area (Å²) in [7, 11) is 0. The highest BCUT2D eigenvalue weighted by atomic mass is 127. The third kappa shape index (κ3) is 2.73. The van der Waals surface area contributed by atoms with Crippen LogP contribution in [0.1, 0.15) is 0 Å². The Morgan fingerprint density at radius 2 is 1.42 bits per heavy atom. The maximum absolute atomic E-state index is 2.25. The average molecular weight is 329 g/mol. The quantitative estimate of drug-likeness (QED) is 0.514. The lowest BCUT2D eigenvalue weighted by atomic mass is 10.7. The Balaban J connectivity index is 0.000000720. The van der Waals surface area contributed by atoms with Gasteiger partial charge in [-0.25, -0.2) is 0 Å². The number of rotatable bonds is 2. The molecule has 0 aliphatic heterocycles. The molecule has 4 heteroatoms. The van der Waals surface area contributed by atoms with E-state index in [0.717, 1.165) is 0 Å². The van der Waals surface area contributed by atoms with Crippen LogP contribution in [0.5, 0.6) is 0 Å². The predicted molar refractivity (Wildman–Crippen MR) is 46.0 cm³/mol. The summed E-state index contributed by atoms with van der Waals surface area (Å²) in [5.41, 5.74) is 0. The van der Waals surface area contributed by atoms with E-state index in [2.05, 4.69) is 33.7 Å². The van der Waals surface area contributed by atoms with Crippen LogP contribution in [0.3, 0.4) is 0 Å². The molecule has 0 aromatic carbocycles. The SMILES string of the molecule is [Cl-].c1cc([I+]c2ccsc2)cs1. The van der Waals surface area contributed by atoms with Crippen molar-refractivity contribution in [3.8, 4) is 0 Å². The Kier molecular flexibility index (Phi) is 4.56. The molecule has 0 saturated carbocycles. The molecule has 12 heavy (non-hydrogen) atoms. The number of hydrogen-bond donors (Lipinski definition) is 0. The molecule has 2 rings (SSSR count). The van der Waals surface area contributed by atoms with Gasteiger partial charge in [-0.1, -0.05) is 0 Å². The lowest BCUT2D eigenvalue weighted by molar-refractivity contribution is -0.596. The smallest absolute Gasteiger partial charge is 0.359 e. The molecule has 0 aliphatic carbocycles. The molecule has 0 bridgehead atoms. The first kappa shape index (κ1) is 10.5. The molecule has 0 amide bonds. The average Bonchev–Trinajstić information content (AvgIpc) is 2.60. The molecule has 0 spiro atoms. The largest absolute Gasteiger partial charge is 1.00 e. The van der Waals surface area contributed by atoms with Gasteiger partial charge in [0.1, 0.15) is 0 Å². The van der Waals surface area contributed by atoms with Crippen LogP contribution in [0.25, 0.3) is 0 Å². The first-order valence-electron chi connectivity index (χ1n) is 3.14. The van der Waals surface area contributed by atoms with Crippen molar-refractivity contribution in [2.75, 3.05) is 0 Å². The normalized spacial score (nSPS) is 9.33. The summed E-state index contributed by atoms with van der Waals surface area (Å²) < 4.78 is 3.07. The monoisotopic (exact) mass is 328 g/mol. The Morgan fingerprint density at radius 3 is 1.75 bits per heavy atom. The van der Waals surface area contributed by atoms with Gasteiger partial charge in [0.25, 0.3) is 0 Å². The van der Waals surface area contributed by atoms with Gasteiger partial charge < -0.3 is 12.4 Å². The van der Waals surface area contributed by atoms with Gasteiger partial charge in [-0.3, -0.25) is 0 Å². The summed E-state index contributed by atoms with van der Waals surface area (Å²) in [6.45, 7) is 0. The maximum Gasteiger partial charge on any atom is 0.359 e. The van der Waals surface area contributed by atoms with Crippen molar-refractivity contribution in [1.82, 2.24) is 0 Å². The molecular formula is C8H6ClIS2. The van der Waals surface area contributed by atoms with Gasteiger partial charge in [0.05, 0.1) is 0 Å². The van der Waals surface area contributed by atoms with Crippen LogP contribution < -0.4 is 33.6 Å². The van der Waals surface area contributed by atoms with Gasteiger partial charge in [0.2, 0.25) is 7.14 Å². The third-order valence-electron chi connectivity index (χ3n) is 1.19. The molecule has 0 nitrogen and oxygen atoms in total. The first-order chi connectivity index (χ1) is 5.45. The molecule has 0 atom stereocenters. The highest BCUT2D eigenvalue weighted by Crippen LogP contribution is 1.96. The molecule has 2 heterocycles. The minimum absolute atomic E-state index is 0. The summed E-state index contributed by atoms with van der Waals surface area (Å²) in [6, 6.07) is 4.46. The fourth-order valence-corrected chi connectivity index (χ4v) is 5.41. The van der Waals surface area contributed by atoms with Crippen LogP contribution in [0.15, 0.2) is 33.7 Å². The van der Waals surface area contributed by atoms with Crippen LogP contribution in [-0.4, -0.2) is 0 Å². The first-order valence-corrected chi connectivity index (χ1v) is 7.19. The van der Waals surface area contributed by atoms with Gasteiger partial charge in [-0.2, -0.15) is 0 Å². The van der Waals surface area contributed by atoms with Crippen LogP contribution in [0.2, 0.25) is 0 Å². The Morgan fingerprint density at radius 1 is 0.917 bits per heavy atom. The lowest BCUT2D eigenvalue weighted by Gasteiger charge is -1.69. The molecule has 0 radical (unpaired) electrons. The zero-order chi connectivity index (χ0) is 7.52. The molecule has 2 aromatic heterocycles. The van der Waals surface area contributed by atoms with E-state index < -0.39 is 0 Å². The van der Waals surface area contributed by atoms with Gasteiger partial charge in [-0.05, 0) is 10.8 Å². The molecule has 64 valence electrons. The Hall–Kier alpha value is 0.420. The predicted octanol–water partition coefficient (Wildman–Crippen LogP) is -3.06. The molecule has 0 unspecified atom stereocenters. The van der Waals surface area contributed by atoms with E-state index >= 15 is 0 Å². The second-order valence-electron chi connectivity index (χ2n) is 1.98. The Labute approximate surface area is 96.3 Å². The van der Waals surface area contributed by atoms with Crippen LogP contribution in [0.4, 0.5) is 0 Å². The van der Waals surface area contributed by atoms with Gasteiger partial charge in [0.15, 0.2) is 0 Å². The van der Waals surface area contributed by atoms with Crippen molar-refractivity contribution in [3.05, 3.63) is 40.8 Å². The lowest BCUT2D eigenvalue weighted by Crippen LogP contribution is -3.61. The van der Waals surface area contributed by atoms with E-state index in [1.807, 2.05) is 0 Å². The van der Waals surface area contributed by atoms with Crippen molar-refractivity contribution >= 4 is 22.7 Å². The Bertz CT molecular complexity index is 269. The van der Waals surface area contributed by atoms with E-state index in [1.165, 1.54) is 7.14 Å². The van der Waals surface area contributed by atoms with E-state index in [0.29, 0.717) is 0 Å². The van der Waals surface area contributed by atoms with E-state index in [4.69, 9.17) is 0 Å². The summed E-state index contributed by atoms with van der Waals surface area (Å²) >= 11 is 3.71. The van der Waals surface area contributed by atoms with Crippen molar-refractivity contribution in [3.63, 3.8) is 0 Å².